The number of nitrogens with zero attached hydrogens (tertiary/aromatic N) is 2. The number of aliphatic carboxylic acids is 1. The van der Waals surface area contributed by atoms with E-state index in [0.29, 0.717) is 0 Å². The van der Waals surface area contributed by atoms with E-state index in [-0.39, 0.29) is 19.5 Å². The fourth-order valence-corrected chi connectivity index (χ4v) is 2.74. The molecule has 2 unspecified atom stereocenters. The number of aliphatic hydroxyl groups excluding tert-OH is 1. The zero-order valence-corrected chi connectivity index (χ0v) is 11.2. The maximum Gasteiger partial charge on any atom is 0.326 e. The summed E-state index contributed by atoms with van der Waals surface area (Å²) >= 11 is 1.47. The largest absolute Gasteiger partial charge is 0.480 e. The molecule has 1 saturated heterocycles. The van der Waals surface area contributed by atoms with E-state index in [1.54, 1.807) is 6.20 Å². The number of amides is 2. The molecule has 1 aliphatic heterocycles. The third-order valence-corrected chi connectivity index (χ3v) is 3.80. The predicted octanol–water partition coefficient (Wildman–Crippen LogP) is 0.181. The number of carbonyl (C=O) groups is 2. The van der Waals surface area contributed by atoms with Crippen LogP contribution in [0.25, 0.3) is 0 Å². The van der Waals surface area contributed by atoms with Gasteiger partial charge in [0.15, 0.2) is 0 Å². The van der Waals surface area contributed by atoms with E-state index < -0.39 is 24.1 Å². The molecule has 1 aromatic rings. The van der Waals surface area contributed by atoms with Gasteiger partial charge in [-0.25, -0.2) is 14.6 Å². The number of likely N-dealkylation sites (tertiary alicyclic amines) is 1. The topological polar surface area (TPSA) is 103 Å². The minimum absolute atomic E-state index is 0.0414. The van der Waals surface area contributed by atoms with Gasteiger partial charge in [-0.05, 0) is 6.92 Å². The van der Waals surface area contributed by atoms with E-state index in [4.69, 9.17) is 5.11 Å². The van der Waals surface area contributed by atoms with E-state index in [1.807, 2.05) is 6.92 Å². The molecule has 0 bridgehead atoms. The van der Waals surface area contributed by atoms with Gasteiger partial charge in [0.1, 0.15) is 11.0 Å². The van der Waals surface area contributed by atoms with Crippen molar-refractivity contribution in [2.75, 3.05) is 6.54 Å². The summed E-state index contributed by atoms with van der Waals surface area (Å²) in [6.45, 7) is 2.22. The average molecular weight is 285 g/mol. The van der Waals surface area contributed by atoms with Crippen molar-refractivity contribution in [1.29, 1.82) is 0 Å². The van der Waals surface area contributed by atoms with Gasteiger partial charge in [0.25, 0.3) is 0 Å². The normalized spacial score (nSPS) is 22.5. The Balaban J connectivity index is 1.93. The number of rotatable bonds is 3. The zero-order valence-electron chi connectivity index (χ0n) is 10.4. The highest BCUT2D eigenvalue weighted by atomic mass is 32.1. The maximum atomic E-state index is 11.9. The fraction of sp³-hybridized carbons (Fsp3) is 0.545. The number of aryl methyl sites for hydroxylation is 1. The van der Waals surface area contributed by atoms with Gasteiger partial charge >= 0.3 is 12.0 Å². The number of hydrogen-bond donors (Lipinski definition) is 3. The highest BCUT2D eigenvalue weighted by Crippen LogP contribution is 2.18. The summed E-state index contributed by atoms with van der Waals surface area (Å²) in [5, 5.41) is 21.8. The molecule has 2 atom stereocenters. The predicted molar refractivity (Wildman–Crippen MR) is 67.8 cm³/mol. The van der Waals surface area contributed by atoms with Gasteiger partial charge in [-0.2, -0.15) is 0 Å². The van der Waals surface area contributed by atoms with Crippen LogP contribution in [0.5, 0.6) is 0 Å². The van der Waals surface area contributed by atoms with Crippen molar-refractivity contribution in [3.05, 3.63) is 16.1 Å². The molecular weight excluding hydrogens is 270 g/mol. The Hall–Kier alpha value is -1.67. The average Bonchev–Trinajstić information content (AvgIpc) is 2.92. The number of β-amino-alcohol motifs (C(OH)–C–C–N with tert-alkyl or cyclic N) is 1. The van der Waals surface area contributed by atoms with Gasteiger partial charge in [0, 0.05) is 24.0 Å². The van der Waals surface area contributed by atoms with E-state index in [9.17, 15) is 14.7 Å². The summed E-state index contributed by atoms with van der Waals surface area (Å²) in [4.78, 5) is 29.2. The van der Waals surface area contributed by atoms with Gasteiger partial charge in [0.05, 0.1) is 12.6 Å². The number of hydrogen-bond acceptors (Lipinski definition) is 5. The summed E-state index contributed by atoms with van der Waals surface area (Å²) in [6.07, 6.45) is 0.999. The first-order valence-corrected chi connectivity index (χ1v) is 6.65. The highest BCUT2D eigenvalue weighted by molar-refractivity contribution is 7.11. The van der Waals surface area contributed by atoms with Crippen molar-refractivity contribution >= 4 is 23.3 Å². The van der Waals surface area contributed by atoms with Crippen LogP contribution in [0.15, 0.2) is 6.20 Å². The SMILES string of the molecule is Cc1cnc(CNC(=O)N2CC(O)CC2C(=O)O)s1. The Morgan fingerprint density at radius 2 is 2.37 bits per heavy atom. The van der Waals surface area contributed by atoms with Crippen LogP contribution in [0.2, 0.25) is 0 Å². The highest BCUT2D eigenvalue weighted by Gasteiger charge is 2.38. The smallest absolute Gasteiger partial charge is 0.326 e. The molecule has 0 radical (unpaired) electrons. The number of carbonyl (C=O) groups excluding carboxylic acids is 1. The lowest BCUT2D eigenvalue weighted by atomic mass is 10.2. The number of aliphatic hydroxyl groups is 1. The van der Waals surface area contributed by atoms with Crippen LogP contribution in [-0.4, -0.2) is 50.8 Å². The number of aromatic nitrogens is 1. The molecule has 2 amide bonds. The molecule has 0 spiro atoms. The van der Waals surface area contributed by atoms with E-state index in [2.05, 4.69) is 10.3 Å². The Morgan fingerprint density at radius 1 is 1.63 bits per heavy atom. The summed E-state index contributed by atoms with van der Waals surface area (Å²) in [5.74, 6) is -1.10. The first-order valence-electron chi connectivity index (χ1n) is 5.84. The summed E-state index contributed by atoms with van der Waals surface area (Å²) < 4.78 is 0. The second-order valence-corrected chi connectivity index (χ2v) is 5.74. The van der Waals surface area contributed by atoms with Crippen molar-refractivity contribution in [3.8, 4) is 0 Å². The number of thiazole rings is 1. The second kappa shape index (κ2) is 5.54. The summed E-state index contributed by atoms with van der Waals surface area (Å²) in [6, 6.07) is -1.45. The van der Waals surface area contributed by atoms with Gasteiger partial charge in [-0.3, -0.25) is 0 Å². The molecule has 2 heterocycles. The molecule has 1 fully saturated rings. The Kier molecular flexibility index (Phi) is 4.01. The zero-order chi connectivity index (χ0) is 14.0. The summed E-state index contributed by atoms with van der Waals surface area (Å²) in [5.41, 5.74) is 0. The van der Waals surface area contributed by atoms with Crippen molar-refractivity contribution in [3.63, 3.8) is 0 Å². The van der Waals surface area contributed by atoms with Crippen LogP contribution in [0, 0.1) is 6.92 Å². The number of nitrogens with one attached hydrogen (secondary N) is 1. The number of carboxylic acid groups (broad SMARTS) is 1. The molecule has 3 N–H and O–H groups in total. The van der Waals surface area contributed by atoms with Gasteiger partial charge in [-0.15, -0.1) is 11.3 Å². The standard InChI is InChI=1S/C11H15N3O4S/c1-6-3-12-9(19-6)4-13-11(18)14-5-7(15)2-8(14)10(16)17/h3,7-8,15H,2,4-5H2,1H3,(H,13,18)(H,16,17). The van der Waals surface area contributed by atoms with Crippen LogP contribution < -0.4 is 5.32 Å². The van der Waals surface area contributed by atoms with Crippen molar-refractivity contribution < 1.29 is 19.8 Å². The lowest BCUT2D eigenvalue weighted by Gasteiger charge is -2.21. The molecule has 8 heteroatoms. The molecule has 0 aromatic carbocycles. The number of urea groups is 1. The van der Waals surface area contributed by atoms with E-state index in [0.717, 1.165) is 14.8 Å². The third-order valence-electron chi connectivity index (χ3n) is 2.88. The quantitative estimate of drug-likeness (QED) is 0.735. The second-order valence-electron chi connectivity index (χ2n) is 4.42. The van der Waals surface area contributed by atoms with E-state index in [1.165, 1.54) is 11.3 Å². The molecular formula is C11H15N3O4S. The number of carboxylic acids is 1. The van der Waals surface area contributed by atoms with Crippen molar-refractivity contribution in [2.45, 2.75) is 32.0 Å². The molecule has 1 aromatic heterocycles. The lowest BCUT2D eigenvalue weighted by molar-refractivity contribution is -0.141. The molecule has 1 aliphatic rings. The maximum absolute atomic E-state index is 11.9. The van der Waals surface area contributed by atoms with Crippen LogP contribution in [-0.2, 0) is 11.3 Å². The molecule has 2 rings (SSSR count). The third kappa shape index (κ3) is 3.21. The van der Waals surface area contributed by atoms with Crippen LogP contribution in [0.4, 0.5) is 4.79 Å². The van der Waals surface area contributed by atoms with E-state index >= 15 is 0 Å². The first-order chi connectivity index (χ1) is 8.97. The van der Waals surface area contributed by atoms with Crippen LogP contribution in [0.1, 0.15) is 16.3 Å². The fourth-order valence-electron chi connectivity index (χ4n) is 2.01. The van der Waals surface area contributed by atoms with Crippen LogP contribution >= 0.6 is 11.3 Å². The Morgan fingerprint density at radius 3 is 2.95 bits per heavy atom. The summed E-state index contributed by atoms with van der Waals surface area (Å²) in [7, 11) is 0. The van der Waals surface area contributed by atoms with Crippen molar-refractivity contribution in [1.82, 2.24) is 15.2 Å². The minimum Gasteiger partial charge on any atom is -0.480 e. The van der Waals surface area contributed by atoms with Gasteiger partial charge < -0.3 is 20.4 Å². The monoisotopic (exact) mass is 285 g/mol. The van der Waals surface area contributed by atoms with Gasteiger partial charge in [-0.1, -0.05) is 0 Å². The van der Waals surface area contributed by atoms with Gasteiger partial charge in [0.2, 0.25) is 0 Å². The van der Waals surface area contributed by atoms with Crippen LogP contribution in [0.3, 0.4) is 0 Å². The Bertz CT molecular complexity index is 490. The van der Waals surface area contributed by atoms with Crippen molar-refractivity contribution in [2.24, 2.45) is 0 Å². The molecule has 19 heavy (non-hydrogen) atoms. The molecule has 104 valence electrons. The first kappa shape index (κ1) is 13.8. The molecule has 7 nitrogen and oxygen atoms in total. The minimum atomic E-state index is -1.10. The molecule has 0 saturated carbocycles. The lowest BCUT2D eigenvalue weighted by Crippen LogP contribution is -2.45. The Labute approximate surface area is 113 Å². The molecule has 0 aliphatic carbocycles.